The second kappa shape index (κ2) is 8.24. The van der Waals surface area contributed by atoms with Crippen molar-refractivity contribution in [1.82, 2.24) is 4.90 Å². The third-order valence-electron chi connectivity index (χ3n) is 3.89. The molecule has 2 aromatic rings. The van der Waals surface area contributed by atoms with Crippen LogP contribution in [0.1, 0.15) is 25.2 Å². The van der Waals surface area contributed by atoms with Crippen molar-refractivity contribution >= 4 is 46.6 Å². The molecule has 1 saturated heterocycles. The number of furan rings is 1. The molecule has 1 aromatic heterocycles. The van der Waals surface area contributed by atoms with Crippen LogP contribution in [0, 0.1) is 6.92 Å². The van der Waals surface area contributed by atoms with E-state index in [-0.39, 0.29) is 11.0 Å². The van der Waals surface area contributed by atoms with E-state index >= 15 is 0 Å². The maximum atomic E-state index is 12.5. The molecule has 6 nitrogen and oxygen atoms in total. The van der Waals surface area contributed by atoms with Gasteiger partial charge in [0.05, 0.1) is 11.0 Å². The lowest BCUT2D eigenvalue weighted by molar-refractivity contribution is -0.149. The molecule has 8 heteroatoms. The average Bonchev–Trinajstić information content (AvgIpc) is 3.17. The number of imide groups is 1. The molecule has 0 aliphatic carbocycles. The zero-order valence-corrected chi connectivity index (χ0v) is 17.1. The molecule has 3 rings (SSSR count). The Morgan fingerprint density at radius 1 is 1.29 bits per heavy atom. The van der Waals surface area contributed by atoms with Gasteiger partial charge in [-0.15, -0.1) is 0 Å². The predicted molar refractivity (Wildman–Crippen MR) is 108 cm³/mol. The van der Waals surface area contributed by atoms with Crippen LogP contribution in [0.15, 0.2) is 39.7 Å². The van der Waals surface area contributed by atoms with Crippen molar-refractivity contribution < 1.29 is 23.5 Å². The van der Waals surface area contributed by atoms with E-state index < -0.39 is 23.7 Å². The Labute approximate surface area is 171 Å². The zero-order chi connectivity index (χ0) is 20.4. The van der Waals surface area contributed by atoms with Crippen molar-refractivity contribution in [3.8, 4) is 11.3 Å². The first-order valence-electron chi connectivity index (χ1n) is 8.56. The summed E-state index contributed by atoms with van der Waals surface area (Å²) >= 11 is 6.81. The number of carbonyl (C=O) groups is 3. The van der Waals surface area contributed by atoms with E-state index in [0.29, 0.717) is 16.5 Å². The van der Waals surface area contributed by atoms with Crippen molar-refractivity contribution in [2.75, 3.05) is 6.54 Å². The van der Waals surface area contributed by atoms with Crippen LogP contribution in [-0.4, -0.2) is 34.7 Å². The summed E-state index contributed by atoms with van der Waals surface area (Å²) in [6.07, 6.45) is 1.17. The van der Waals surface area contributed by atoms with Crippen LogP contribution in [-0.2, 0) is 14.3 Å². The van der Waals surface area contributed by atoms with Gasteiger partial charge in [-0.25, -0.2) is 0 Å². The van der Waals surface area contributed by atoms with E-state index in [9.17, 15) is 14.4 Å². The SMILES string of the molecule is Cc1ccc(Cl)cc1-c1ccc(/C=C2/SC(=O)N(CC(=O)OC(C)C)C2=O)o1. The van der Waals surface area contributed by atoms with Gasteiger partial charge < -0.3 is 9.15 Å². The van der Waals surface area contributed by atoms with Gasteiger partial charge >= 0.3 is 5.97 Å². The highest BCUT2D eigenvalue weighted by molar-refractivity contribution is 8.18. The van der Waals surface area contributed by atoms with Gasteiger partial charge in [-0.2, -0.15) is 0 Å². The highest BCUT2D eigenvalue weighted by Gasteiger charge is 2.37. The number of thioether (sulfide) groups is 1. The normalized spacial score (nSPS) is 15.8. The molecule has 146 valence electrons. The molecule has 2 amide bonds. The van der Waals surface area contributed by atoms with Gasteiger partial charge in [0.1, 0.15) is 18.1 Å². The van der Waals surface area contributed by atoms with Crippen LogP contribution in [0.2, 0.25) is 5.02 Å². The molecule has 0 unspecified atom stereocenters. The van der Waals surface area contributed by atoms with Crippen molar-refractivity contribution in [3.05, 3.63) is 51.6 Å². The monoisotopic (exact) mass is 419 g/mol. The zero-order valence-electron chi connectivity index (χ0n) is 15.5. The number of amides is 2. The molecule has 0 saturated carbocycles. The second-order valence-corrected chi connectivity index (χ2v) is 7.90. The number of halogens is 1. The molecule has 28 heavy (non-hydrogen) atoms. The number of nitrogens with zero attached hydrogens (tertiary/aromatic N) is 1. The lowest BCUT2D eigenvalue weighted by Crippen LogP contribution is -2.35. The fourth-order valence-electron chi connectivity index (χ4n) is 2.63. The van der Waals surface area contributed by atoms with Gasteiger partial charge in [0, 0.05) is 16.7 Å². The Kier molecular flexibility index (Phi) is 5.96. The summed E-state index contributed by atoms with van der Waals surface area (Å²) in [5, 5.41) is 0.0716. The Balaban J connectivity index is 1.78. The summed E-state index contributed by atoms with van der Waals surface area (Å²) in [4.78, 5) is 37.4. The number of carbonyl (C=O) groups excluding carboxylic acids is 3. The van der Waals surface area contributed by atoms with E-state index in [4.69, 9.17) is 20.8 Å². The Hall–Kier alpha value is -2.51. The van der Waals surface area contributed by atoms with Crippen molar-refractivity contribution in [3.63, 3.8) is 0 Å². The van der Waals surface area contributed by atoms with Gasteiger partial charge in [-0.3, -0.25) is 19.3 Å². The van der Waals surface area contributed by atoms with E-state index in [1.54, 1.807) is 38.1 Å². The summed E-state index contributed by atoms with van der Waals surface area (Å²) in [5.74, 6) is -0.154. The van der Waals surface area contributed by atoms with Crippen LogP contribution in [0.4, 0.5) is 4.79 Å². The van der Waals surface area contributed by atoms with Crippen LogP contribution in [0.3, 0.4) is 0 Å². The smallest absolute Gasteiger partial charge is 0.326 e. The largest absolute Gasteiger partial charge is 0.462 e. The maximum Gasteiger partial charge on any atom is 0.326 e. The Morgan fingerprint density at radius 2 is 2.04 bits per heavy atom. The van der Waals surface area contributed by atoms with Gasteiger partial charge in [0.25, 0.3) is 11.1 Å². The van der Waals surface area contributed by atoms with Gasteiger partial charge in [0.2, 0.25) is 0 Å². The standard InChI is InChI=1S/C20H18ClNO5S/c1-11(2)26-18(23)10-22-19(24)17(28-20(22)25)9-14-6-7-16(27-14)15-8-13(21)5-4-12(15)3/h4-9,11H,10H2,1-3H3/b17-9+. The third-order valence-corrected chi connectivity index (χ3v) is 5.04. The van der Waals surface area contributed by atoms with E-state index in [1.807, 2.05) is 13.0 Å². The minimum absolute atomic E-state index is 0.186. The van der Waals surface area contributed by atoms with Gasteiger partial charge in [-0.1, -0.05) is 17.7 Å². The molecule has 1 aromatic carbocycles. The molecule has 1 aliphatic rings. The number of benzene rings is 1. The molecule has 1 aliphatic heterocycles. The summed E-state index contributed by atoms with van der Waals surface area (Å²) in [7, 11) is 0. The molecular formula is C20H18ClNO5S. The Bertz CT molecular complexity index is 979. The molecule has 0 atom stereocenters. The van der Waals surface area contributed by atoms with Gasteiger partial charge in [0.15, 0.2) is 0 Å². The average molecular weight is 420 g/mol. The quantitative estimate of drug-likeness (QED) is 0.507. The van der Waals surface area contributed by atoms with Crippen molar-refractivity contribution in [2.45, 2.75) is 26.9 Å². The molecule has 1 fully saturated rings. The molecule has 0 radical (unpaired) electrons. The number of hydrogen-bond acceptors (Lipinski definition) is 6. The topological polar surface area (TPSA) is 76.8 Å². The highest BCUT2D eigenvalue weighted by Crippen LogP contribution is 2.34. The first-order valence-corrected chi connectivity index (χ1v) is 9.75. The maximum absolute atomic E-state index is 12.5. The molecule has 0 spiro atoms. The first-order chi connectivity index (χ1) is 13.2. The molecule has 2 heterocycles. The van der Waals surface area contributed by atoms with Crippen molar-refractivity contribution in [2.24, 2.45) is 0 Å². The number of aryl methyl sites for hydroxylation is 1. The van der Waals surface area contributed by atoms with Gasteiger partial charge in [-0.05, 0) is 62.4 Å². The highest BCUT2D eigenvalue weighted by atomic mass is 35.5. The van der Waals surface area contributed by atoms with E-state index in [2.05, 4.69) is 0 Å². The fourth-order valence-corrected chi connectivity index (χ4v) is 3.62. The minimum Gasteiger partial charge on any atom is -0.462 e. The van der Waals surface area contributed by atoms with E-state index in [0.717, 1.165) is 27.8 Å². The van der Waals surface area contributed by atoms with Crippen LogP contribution >= 0.6 is 23.4 Å². The fraction of sp³-hybridized carbons (Fsp3) is 0.250. The lowest BCUT2D eigenvalue weighted by atomic mass is 10.1. The van der Waals surface area contributed by atoms with Crippen LogP contribution in [0.25, 0.3) is 17.4 Å². The van der Waals surface area contributed by atoms with Crippen LogP contribution < -0.4 is 0 Å². The molecule has 0 N–H and O–H groups in total. The molecule has 0 bridgehead atoms. The Morgan fingerprint density at radius 3 is 2.75 bits per heavy atom. The second-order valence-electron chi connectivity index (χ2n) is 6.47. The molecular weight excluding hydrogens is 402 g/mol. The number of esters is 1. The summed E-state index contributed by atoms with van der Waals surface area (Å²) in [6, 6.07) is 8.96. The summed E-state index contributed by atoms with van der Waals surface area (Å²) < 4.78 is 10.8. The van der Waals surface area contributed by atoms with Crippen molar-refractivity contribution in [1.29, 1.82) is 0 Å². The first kappa shape index (κ1) is 20.2. The van der Waals surface area contributed by atoms with Crippen LogP contribution in [0.5, 0.6) is 0 Å². The number of hydrogen-bond donors (Lipinski definition) is 0. The third kappa shape index (κ3) is 4.48. The summed E-state index contributed by atoms with van der Waals surface area (Å²) in [6.45, 7) is 4.92. The summed E-state index contributed by atoms with van der Waals surface area (Å²) in [5.41, 5.74) is 1.84. The number of rotatable bonds is 5. The van der Waals surface area contributed by atoms with E-state index in [1.165, 1.54) is 6.08 Å². The lowest BCUT2D eigenvalue weighted by Gasteiger charge is -2.13. The number of ether oxygens (including phenoxy) is 1. The predicted octanol–water partition coefficient (Wildman–Crippen LogP) is 4.90. The minimum atomic E-state index is -0.629.